The van der Waals surface area contributed by atoms with Gasteiger partial charge in [0.05, 0.1) is 35.7 Å². The second-order valence-electron chi connectivity index (χ2n) is 10.8. The number of amides is 3. The van der Waals surface area contributed by atoms with Crippen LogP contribution in [0.5, 0.6) is 5.75 Å². The molecule has 2 heterocycles. The topological polar surface area (TPSA) is 131 Å². The summed E-state index contributed by atoms with van der Waals surface area (Å²) in [4.78, 5) is 48.5. The second kappa shape index (κ2) is 10.7. The van der Waals surface area contributed by atoms with Crippen molar-refractivity contribution in [1.82, 2.24) is 20.2 Å². The first-order valence-electron chi connectivity index (χ1n) is 13.2. The minimum atomic E-state index is -5.27. The maximum Gasteiger partial charge on any atom is 0.491 e. The Morgan fingerprint density at radius 2 is 1.67 bits per heavy atom. The summed E-state index contributed by atoms with van der Waals surface area (Å²) in [5.41, 5.74) is 6.13. The minimum absolute atomic E-state index is 0.0738. The molecular weight excluding hydrogens is 553 g/mol. The van der Waals surface area contributed by atoms with Gasteiger partial charge in [-0.05, 0) is 57.5 Å². The number of aromatic nitrogens is 2. The van der Waals surface area contributed by atoms with E-state index in [0.717, 1.165) is 37.8 Å². The fourth-order valence-electron chi connectivity index (χ4n) is 5.80. The highest BCUT2D eigenvalue weighted by atomic mass is 19.4. The van der Waals surface area contributed by atoms with Crippen molar-refractivity contribution in [3.63, 3.8) is 0 Å². The summed E-state index contributed by atoms with van der Waals surface area (Å²) in [5, 5.41) is 3.18. The number of anilines is 1. The molecule has 1 aliphatic carbocycles. The molecule has 10 nitrogen and oxygen atoms in total. The number of benzene rings is 2. The normalized spacial score (nSPS) is 22.3. The highest BCUT2D eigenvalue weighted by Crippen LogP contribution is 2.46. The van der Waals surface area contributed by atoms with Gasteiger partial charge in [-0.25, -0.2) is 19.6 Å². The van der Waals surface area contributed by atoms with Gasteiger partial charge >= 0.3 is 18.2 Å². The Bertz CT molecular complexity index is 1500. The molecule has 1 spiro atoms. The first-order valence-corrected chi connectivity index (χ1v) is 13.2. The zero-order valence-electron chi connectivity index (χ0n) is 22.9. The average Bonchev–Trinajstić information content (AvgIpc) is 3.28. The first kappa shape index (κ1) is 29.0. The molecule has 1 aliphatic heterocycles. The molecule has 0 unspecified atom stereocenters. The third-order valence-corrected chi connectivity index (χ3v) is 8.17. The number of ether oxygens (including phenoxy) is 1. The van der Waals surface area contributed by atoms with Crippen LogP contribution in [0.25, 0.3) is 11.4 Å². The van der Waals surface area contributed by atoms with Crippen LogP contribution in [-0.2, 0) is 10.3 Å². The van der Waals surface area contributed by atoms with Crippen LogP contribution in [0.2, 0.25) is 0 Å². The van der Waals surface area contributed by atoms with Gasteiger partial charge in [-0.2, -0.15) is 13.2 Å². The summed E-state index contributed by atoms with van der Waals surface area (Å²) < 4.78 is 42.6. The van der Waals surface area contributed by atoms with Gasteiger partial charge in [0.2, 0.25) is 0 Å². The van der Waals surface area contributed by atoms with E-state index < -0.39 is 34.9 Å². The quantitative estimate of drug-likeness (QED) is 0.332. The molecule has 3 amide bonds. The van der Waals surface area contributed by atoms with E-state index >= 15 is 0 Å². The van der Waals surface area contributed by atoms with Crippen molar-refractivity contribution < 1.29 is 32.3 Å². The van der Waals surface area contributed by atoms with E-state index in [1.165, 1.54) is 24.0 Å². The highest BCUT2D eigenvalue weighted by molar-refractivity contribution is 5.97. The summed E-state index contributed by atoms with van der Waals surface area (Å²) >= 11 is 0. The van der Waals surface area contributed by atoms with E-state index in [2.05, 4.69) is 51.1 Å². The lowest BCUT2D eigenvalue weighted by molar-refractivity contribution is -0.189. The highest BCUT2D eigenvalue weighted by Gasteiger charge is 2.50. The van der Waals surface area contributed by atoms with Crippen LogP contribution in [-0.4, -0.2) is 65.1 Å². The molecule has 0 radical (unpaired) electrons. The van der Waals surface area contributed by atoms with Crippen molar-refractivity contribution in [2.45, 2.75) is 42.9 Å². The van der Waals surface area contributed by atoms with Crippen molar-refractivity contribution in [2.75, 3.05) is 25.5 Å². The fourth-order valence-corrected chi connectivity index (χ4v) is 5.80. The summed E-state index contributed by atoms with van der Waals surface area (Å²) in [6.07, 6.45) is 0.846. The molecule has 5 rings (SSSR count). The smallest absolute Gasteiger partial charge is 0.419 e. The number of carbonyl (C=O) groups excluding carboxylic acids is 3. The van der Waals surface area contributed by atoms with Crippen LogP contribution in [0.3, 0.4) is 0 Å². The number of primary amides is 1. The number of carbonyl (C=O) groups is 3. The van der Waals surface area contributed by atoms with Crippen LogP contribution in [0, 0.1) is 0 Å². The molecule has 0 atom stereocenters. The molecule has 3 N–H and O–H groups in total. The van der Waals surface area contributed by atoms with E-state index in [1.807, 2.05) is 18.2 Å². The van der Waals surface area contributed by atoms with Crippen LogP contribution in [0.1, 0.15) is 41.6 Å². The number of rotatable bonds is 6. The van der Waals surface area contributed by atoms with Crippen molar-refractivity contribution in [2.24, 2.45) is 5.73 Å². The van der Waals surface area contributed by atoms with Gasteiger partial charge in [0.1, 0.15) is 5.75 Å². The Balaban J connectivity index is 1.33. The van der Waals surface area contributed by atoms with Gasteiger partial charge in [-0.15, -0.1) is 0 Å². The molecule has 2 fully saturated rings. The number of halogens is 3. The summed E-state index contributed by atoms with van der Waals surface area (Å²) in [6.45, 7) is 0.428. The Labute approximate surface area is 239 Å². The maximum absolute atomic E-state index is 13.1. The zero-order chi connectivity index (χ0) is 30.3. The molecule has 3 aromatic rings. The van der Waals surface area contributed by atoms with Crippen molar-refractivity contribution >= 4 is 23.6 Å². The lowest BCUT2D eigenvalue weighted by Crippen LogP contribution is -2.54. The third-order valence-electron chi connectivity index (χ3n) is 8.17. The maximum atomic E-state index is 13.1. The fraction of sp³-hybridized carbons (Fsp3) is 0.345. The Kier molecular flexibility index (Phi) is 7.39. The van der Waals surface area contributed by atoms with Gasteiger partial charge < -0.3 is 15.8 Å². The number of nitrogens with one attached hydrogen (secondary N) is 1. The van der Waals surface area contributed by atoms with Gasteiger partial charge in [0.15, 0.2) is 5.82 Å². The van der Waals surface area contributed by atoms with E-state index in [0.29, 0.717) is 12.2 Å². The van der Waals surface area contributed by atoms with Gasteiger partial charge in [-0.3, -0.25) is 14.6 Å². The Hall–Kier alpha value is -4.52. The molecule has 1 saturated carbocycles. The standard InChI is InChI=1S/C29H29F3N6O4/c1-37(2)28(19-6-4-3-5-7-19)12-10-27(11-13-28)17-38(26(41)36-27)20-15-34-24(35-16-20)18-8-9-21(23(33)39)22(14-18)42-25(40)29(30,31)32/h3-9,14-16H,10-13,17H2,1-2H3,(H2,33,39)(H,36,41). The third kappa shape index (κ3) is 5.39. The molecule has 0 bridgehead atoms. The number of esters is 1. The summed E-state index contributed by atoms with van der Waals surface area (Å²) in [7, 11) is 4.16. The molecular formula is C29H29F3N6O4. The van der Waals surface area contributed by atoms with Gasteiger partial charge in [-0.1, -0.05) is 36.4 Å². The van der Waals surface area contributed by atoms with Crippen LogP contribution in [0.4, 0.5) is 23.7 Å². The van der Waals surface area contributed by atoms with Crippen LogP contribution < -0.4 is 20.7 Å². The van der Waals surface area contributed by atoms with Crippen molar-refractivity contribution in [3.8, 4) is 17.1 Å². The lowest BCUT2D eigenvalue weighted by atomic mass is 9.69. The number of nitrogens with two attached hydrogens (primary N) is 1. The Morgan fingerprint density at radius 3 is 2.24 bits per heavy atom. The van der Waals surface area contributed by atoms with Crippen molar-refractivity contribution in [1.29, 1.82) is 0 Å². The molecule has 1 aromatic heterocycles. The molecule has 2 aromatic carbocycles. The SMILES string of the molecule is CN(C)C1(c2ccccc2)CCC2(CC1)CN(c1cnc(-c3ccc(C(N)=O)c(OC(=O)C(F)(F)F)c3)nc1)C(=O)N2. The predicted molar refractivity (Wildman–Crippen MR) is 147 cm³/mol. The first-order chi connectivity index (χ1) is 19.8. The van der Waals surface area contributed by atoms with Crippen molar-refractivity contribution in [3.05, 3.63) is 72.1 Å². The molecule has 42 heavy (non-hydrogen) atoms. The molecule has 220 valence electrons. The number of nitrogens with zero attached hydrogens (tertiary/aromatic N) is 4. The van der Waals surface area contributed by atoms with Gasteiger partial charge in [0.25, 0.3) is 5.91 Å². The minimum Gasteiger partial charge on any atom is -0.419 e. The molecule has 2 aliphatic rings. The van der Waals surface area contributed by atoms with E-state index in [9.17, 15) is 27.6 Å². The largest absolute Gasteiger partial charge is 0.491 e. The monoisotopic (exact) mass is 582 g/mol. The predicted octanol–water partition coefficient (Wildman–Crippen LogP) is 4.01. The molecule has 1 saturated heterocycles. The van der Waals surface area contributed by atoms with Crippen LogP contribution >= 0.6 is 0 Å². The zero-order valence-corrected chi connectivity index (χ0v) is 22.9. The van der Waals surface area contributed by atoms with Crippen LogP contribution in [0.15, 0.2) is 60.9 Å². The average molecular weight is 583 g/mol. The lowest BCUT2D eigenvalue weighted by Gasteiger charge is -2.48. The van der Waals surface area contributed by atoms with E-state index in [-0.39, 0.29) is 23.0 Å². The Morgan fingerprint density at radius 1 is 1.02 bits per heavy atom. The van der Waals surface area contributed by atoms with E-state index in [1.54, 1.807) is 4.90 Å². The van der Waals surface area contributed by atoms with E-state index in [4.69, 9.17) is 5.73 Å². The number of hydrogen-bond donors (Lipinski definition) is 2. The summed E-state index contributed by atoms with van der Waals surface area (Å²) in [5.74, 6) is -4.17. The number of hydrogen-bond acceptors (Lipinski definition) is 7. The number of alkyl halides is 3. The van der Waals surface area contributed by atoms with Gasteiger partial charge in [0, 0.05) is 11.1 Å². The second-order valence-corrected chi connectivity index (χ2v) is 10.8. The number of urea groups is 1. The molecule has 13 heteroatoms. The summed E-state index contributed by atoms with van der Waals surface area (Å²) in [6, 6.07) is 13.6.